The molecule has 2 aliphatic carbocycles. The molecule has 3 rings (SSSR count). The Hall–Kier alpha value is -1.24. The summed E-state index contributed by atoms with van der Waals surface area (Å²) < 4.78 is 0. The minimum absolute atomic E-state index is 0.240. The number of rotatable bonds is 0. The number of allylic oxidation sites excluding steroid dienone is 2. The molecule has 0 aliphatic heterocycles. The van der Waals surface area contributed by atoms with Gasteiger partial charge in [-0.1, -0.05) is 24.1 Å². The normalized spacial score (nSPS) is 27.6. The van der Waals surface area contributed by atoms with Crippen molar-refractivity contribution in [2.24, 2.45) is 0 Å². The minimum Gasteiger partial charge on any atom is -0.508 e. The van der Waals surface area contributed by atoms with Crippen molar-refractivity contribution in [2.45, 2.75) is 51.4 Å². The van der Waals surface area contributed by atoms with Crippen LogP contribution in [0.25, 0.3) is 0 Å². The number of hydrogen-bond donors (Lipinski definition) is 1. The molecule has 0 fully saturated rings. The first kappa shape index (κ1) is 10.9. The van der Waals surface area contributed by atoms with Gasteiger partial charge in [0, 0.05) is 5.41 Å². The molecular weight excluding hydrogens is 208 g/mol. The summed E-state index contributed by atoms with van der Waals surface area (Å²) in [6.07, 6.45) is 6.10. The van der Waals surface area contributed by atoms with Crippen molar-refractivity contribution in [3.63, 3.8) is 0 Å². The van der Waals surface area contributed by atoms with E-state index in [1.165, 1.54) is 36.8 Å². The van der Waals surface area contributed by atoms with Crippen molar-refractivity contribution < 1.29 is 5.11 Å². The van der Waals surface area contributed by atoms with Crippen LogP contribution in [0, 0.1) is 0 Å². The van der Waals surface area contributed by atoms with E-state index >= 15 is 0 Å². The van der Waals surface area contributed by atoms with Crippen LogP contribution in [-0.2, 0) is 11.8 Å². The Bertz CT molecular complexity index is 498. The van der Waals surface area contributed by atoms with Gasteiger partial charge in [0.05, 0.1) is 0 Å². The maximum atomic E-state index is 9.61. The van der Waals surface area contributed by atoms with E-state index in [0.717, 1.165) is 6.42 Å². The maximum absolute atomic E-state index is 9.61. The first-order chi connectivity index (χ1) is 8.11. The molecule has 1 aromatic carbocycles. The van der Waals surface area contributed by atoms with E-state index in [9.17, 15) is 5.11 Å². The van der Waals surface area contributed by atoms with Gasteiger partial charge in [0.15, 0.2) is 0 Å². The largest absolute Gasteiger partial charge is 0.508 e. The molecular formula is C16H20O. The summed E-state index contributed by atoms with van der Waals surface area (Å²) in [6, 6.07) is 5.95. The number of phenols is 1. The van der Waals surface area contributed by atoms with Crippen molar-refractivity contribution in [3.05, 3.63) is 40.5 Å². The molecule has 0 radical (unpaired) electrons. The zero-order valence-electron chi connectivity index (χ0n) is 10.7. The van der Waals surface area contributed by atoms with Gasteiger partial charge in [-0.2, -0.15) is 0 Å². The number of hydrogen-bond acceptors (Lipinski definition) is 1. The molecule has 1 N–H and O–H groups in total. The molecule has 2 aliphatic rings. The molecule has 1 heteroatoms. The molecule has 90 valence electrons. The predicted octanol–water partition coefficient (Wildman–Crippen LogP) is 4.10. The predicted molar refractivity (Wildman–Crippen MR) is 70.3 cm³/mol. The number of fused-ring (bicyclic) bond motifs is 3. The quantitative estimate of drug-likeness (QED) is 0.663. The summed E-state index contributed by atoms with van der Waals surface area (Å²) in [4.78, 5) is 0. The molecule has 1 unspecified atom stereocenters. The van der Waals surface area contributed by atoms with Crippen LogP contribution < -0.4 is 0 Å². The Labute approximate surface area is 103 Å². The van der Waals surface area contributed by atoms with E-state index < -0.39 is 0 Å². The van der Waals surface area contributed by atoms with Gasteiger partial charge in [0.1, 0.15) is 5.75 Å². The highest BCUT2D eigenvalue weighted by Crippen LogP contribution is 2.49. The highest BCUT2D eigenvalue weighted by atomic mass is 16.3. The Balaban J connectivity index is 2.20. The average Bonchev–Trinajstić information content (AvgIpc) is 2.28. The van der Waals surface area contributed by atoms with Gasteiger partial charge >= 0.3 is 0 Å². The molecule has 0 amide bonds. The zero-order chi connectivity index (χ0) is 12.0. The summed E-state index contributed by atoms with van der Waals surface area (Å²) in [5.74, 6) is 0.410. The minimum atomic E-state index is 0.240. The number of benzene rings is 1. The van der Waals surface area contributed by atoms with E-state index in [-0.39, 0.29) is 5.41 Å². The van der Waals surface area contributed by atoms with Crippen LogP contribution in [0.1, 0.15) is 50.7 Å². The third kappa shape index (κ3) is 1.52. The van der Waals surface area contributed by atoms with Gasteiger partial charge in [0.2, 0.25) is 0 Å². The standard InChI is InChI=1S/C16H20O/c1-11-4-3-9-16(2)14(11)7-5-12-10-13(17)6-8-15(12)16/h6,8,10,17H,3-5,7,9H2,1-2H3. The Morgan fingerprint density at radius 2 is 2.00 bits per heavy atom. The number of aryl methyl sites for hydroxylation is 1. The van der Waals surface area contributed by atoms with Gasteiger partial charge in [0.25, 0.3) is 0 Å². The lowest BCUT2D eigenvalue weighted by Gasteiger charge is -2.43. The third-order valence-corrected chi connectivity index (χ3v) is 4.74. The molecule has 1 nitrogen and oxygen atoms in total. The first-order valence-corrected chi connectivity index (χ1v) is 6.63. The van der Waals surface area contributed by atoms with Crippen molar-refractivity contribution in [2.75, 3.05) is 0 Å². The number of aromatic hydroxyl groups is 1. The van der Waals surface area contributed by atoms with Crippen LogP contribution in [0.4, 0.5) is 0 Å². The second kappa shape index (κ2) is 3.63. The van der Waals surface area contributed by atoms with Gasteiger partial charge in [-0.3, -0.25) is 0 Å². The second-order valence-electron chi connectivity index (χ2n) is 5.79. The Kier molecular flexibility index (Phi) is 2.32. The van der Waals surface area contributed by atoms with Gasteiger partial charge in [-0.05, 0) is 62.3 Å². The van der Waals surface area contributed by atoms with Crippen LogP contribution in [0.15, 0.2) is 29.3 Å². The fourth-order valence-electron chi connectivity index (χ4n) is 3.85. The van der Waals surface area contributed by atoms with Crippen molar-refractivity contribution >= 4 is 0 Å². The third-order valence-electron chi connectivity index (χ3n) is 4.74. The SMILES string of the molecule is CC1=C2CCc3cc(O)ccc3C2(C)CCC1. The highest BCUT2D eigenvalue weighted by Gasteiger charge is 2.38. The Morgan fingerprint density at radius 3 is 2.82 bits per heavy atom. The lowest BCUT2D eigenvalue weighted by molar-refractivity contribution is 0.416. The molecule has 0 bridgehead atoms. The number of phenolic OH excluding ortho intramolecular Hbond substituents is 1. The van der Waals surface area contributed by atoms with E-state index in [4.69, 9.17) is 0 Å². The summed E-state index contributed by atoms with van der Waals surface area (Å²) in [6.45, 7) is 4.69. The lowest BCUT2D eigenvalue weighted by Crippen LogP contribution is -2.33. The second-order valence-corrected chi connectivity index (χ2v) is 5.79. The van der Waals surface area contributed by atoms with E-state index in [1.54, 1.807) is 11.1 Å². The van der Waals surface area contributed by atoms with Crippen LogP contribution in [-0.4, -0.2) is 5.11 Å². The highest BCUT2D eigenvalue weighted by molar-refractivity contribution is 5.49. The Morgan fingerprint density at radius 1 is 1.18 bits per heavy atom. The summed E-state index contributed by atoms with van der Waals surface area (Å²) in [7, 11) is 0. The fourth-order valence-corrected chi connectivity index (χ4v) is 3.85. The van der Waals surface area contributed by atoms with Crippen LogP contribution in [0.2, 0.25) is 0 Å². The van der Waals surface area contributed by atoms with Crippen LogP contribution in [0.5, 0.6) is 5.75 Å². The zero-order valence-corrected chi connectivity index (χ0v) is 10.7. The molecule has 0 saturated heterocycles. The van der Waals surface area contributed by atoms with Crippen molar-refractivity contribution in [3.8, 4) is 5.75 Å². The monoisotopic (exact) mass is 228 g/mol. The van der Waals surface area contributed by atoms with Crippen molar-refractivity contribution in [1.29, 1.82) is 0 Å². The van der Waals surface area contributed by atoms with Gasteiger partial charge in [-0.25, -0.2) is 0 Å². The van der Waals surface area contributed by atoms with Crippen molar-refractivity contribution in [1.82, 2.24) is 0 Å². The first-order valence-electron chi connectivity index (χ1n) is 6.63. The maximum Gasteiger partial charge on any atom is 0.115 e. The summed E-state index contributed by atoms with van der Waals surface area (Å²) in [5, 5.41) is 9.61. The molecule has 0 heterocycles. The molecule has 0 aromatic heterocycles. The molecule has 17 heavy (non-hydrogen) atoms. The van der Waals surface area contributed by atoms with E-state index in [0.29, 0.717) is 5.75 Å². The molecule has 1 atom stereocenters. The summed E-state index contributed by atoms with van der Waals surface area (Å²) in [5.41, 5.74) is 6.32. The lowest BCUT2D eigenvalue weighted by atomic mass is 9.61. The molecule has 0 spiro atoms. The molecule has 0 saturated carbocycles. The van der Waals surface area contributed by atoms with Gasteiger partial charge in [-0.15, -0.1) is 0 Å². The van der Waals surface area contributed by atoms with Crippen LogP contribution in [0.3, 0.4) is 0 Å². The van der Waals surface area contributed by atoms with Crippen LogP contribution >= 0.6 is 0 Å². The van der Waals surface area contributed by atoms with E-state index in [2.05, 4.69) is 19.9 Å². The summed E-state index contributed by atoms with van der Waals surface area (Å²) >= 11 is 0. The fraction of sp³-hybridized carbons (Fsp3) is 0.500. The molecule has 1 aromatic rings. The smallest absolute Gasteiger partial charge is 0.115 e. The topological polar surface area (TPSA) is 20.2 Å². The average molecular weight is 228 g/mol. The van der Waals surface area contributed by atoms with Gasteiger partial charge < -0.3 is 5.11 Å². The van der Waals surface area contributed by atoms with E-state index in [1.807, 2.05) is 12.1 Å².